The smallest absolute Gasteiger partial charge is 0.314 e. The number of carbonyl (C=O) groups is 2. The molecule has 2 bridgehead atoms. The summed E-state index contributed by atoms with van der Waals surface area (Å²) < 4.78 is 0. The molecule has 0 spiro atoms. The second kappa shape index (κ2) is 3.61. The van der Waals surface area contributed by atoms with E-state index in [9.17, 15) is 14.7 Å². The molecule has 0 amide bonds. The molecule has 0 aliphatic heterocycles. The van der Waals surface area contributed by atoms with Crippen LogP contribution in [0.15, 0.2) is 11.1 Å². The second-order valence-electron chi connectivity index (χ2n) is 5.10. The molecular formula is C12H16O4. The molecule has 1 fully saturated rings. The van der Waals surface area contributed by atoms with Gasteiger partial charge < -0.3 is 10.2 Å². The molecule has 0 radical (unpaired) electrons. The standard InChI is InChI=1S/C12H16O4/c1-12(11(15)16,6-10(13)14)9-5-7-2-3-8(9)4-7/h7H,2-6H2,1H3,(H,13,14)(H,15,16). The number of carboxylic acid groups (broad SMARTS) is 2. The molecule has 2 unspecified atom stereocenters. The third kappa shape index (κ3) is 1.62. The first-order chi connectivity index (χ1) is 7.43. The minimum absolute atomic E-state index is 0.312. The number of rotatable bonds is 4. The van der Waals surface area contributed by atoms with Crippen LogP contribution in [-0.2, 0) is 9.59 Å². The maximum atomic E-state index is 11.3. The van der Waals surface area contributed by atoms with Crippen molar-refractivity contribution in [3.63, 3.8) is 0 Å². The van der Waals surface area contributed by atoms with Crippen molar-refractivity contribution in [2.24, 2.45) is 11.3 Å². The highest BCUT2D eigenvalue weighted by Crippen LogP contribution is 2.51. The van der Waals surface area contributed by atoms with Gasteiger partial charge in [-0.3, -0.25) is 9.59 Å². The van der Waals surface area contributed by atoms with Crippen LogP contribution in [0, 0.1) is 11.3 Å². The van der Waals surface area contributed by atoms with Gasteiger partial charge in [0.1, 0.15) is 0 Å². The molecule has 0 saturated heterocycles. The van der Waals surface area contributed by atoms with Crippen LogP contribution in [-0.4, -0.2) is 22.2 Å². The Morgan fingerprint density at radius 2 is 2.06 bits per heavy atom. The summed E-state index contributed by atoms with van der Waals surface area (Å²) in [5, 5.41) is 18.1. The van der Waals surface area contributed by atoms with Gasteiger partial charge in [0.15, 0.2) is 0 Å². The van der Waals surface area contributed by atoms with Gasteiger partial charge in [-0.25, -0.2) is 0 Å². The highest BCUT2D eigenvalue weighted by molar-refractivity contribution is 5.84. The van der Waals surface area contributed by atoms with Crippen molar-refractivity contribution >= 4 is 11.9 Å². The van der Waals surface area contributed by atoms with Crippen molar-refractivity contribution in [2.45, 2.75) is 39.0 Å². The number of aliphatic carboxylic acids is 2. The van der Waals surface area contributed by atoms with Crippen LogP contribution in [0.5, 0.6) is 0 Å². The predicted octanol–water partition coefficient (Wildman–Crippen LogP) is 2.05. The maximum Gasteiger partial charge on any atom is 0.314 e. The summed E-state index contributed by atoms with van der Waals surface area (Å²) in [4.78, 5) is 22.1. The molecule has 2 N–H and O–H groups in total. The summed E-state index contributed by atoms with van der Waals surface area (Å²) in [6.45, 7) is 1.55. The molecule has 2 aliphatic carbocycles. The Balaban J connectivity index is 2.33. The summed E-state index contributed by atoms with van der Waals surface area (Å²) in [6.07, 6.45) is 3.56. The van der Waals surface area contributed by atoms with E-state index in [-0.39, 0.29) is 6.42 Å². The fraction of sp³-hybridized carbons (Fsp3) is 0.667. The zero-order valence-corrected chi connectivity index (χ0v) is 9.32. The average molecular weight is 224 g/mol. The first-order valence-electron chi connectivity index (χ1n) is 5.60. The van der Waals surface area contributed by atoms with Gasteiger partial charge in [0.25, 0.3) is 0 Å². The average Bonchev–Trinajstić information content (AvgIpc) is 2.76. The lowest BCUT2D eigenvalue weighted by molar-refractivity contribution is -0.152. The van der Waals surface area contributed by atoms with Gasteiger partial charge in [-0.05, 0) is 38.5 Å². The minimum atomic E-state index is -1.20. The van der Waals surface area contributed by atoms with Crippen molar-refractivity contribution in [3.8, 4) is 0 Å². The van der Waals surface area contributed by atoms with E-state index >= 15 is 0 Å². The van der Waals surface area contributed by atoms with Crippen LogP contribution in [0.25, 0.3) is 0 Å². The third-order valence-electron chi connectivity index (χ3n) is 3.95. The van der Waals surface area contributed by atoms with E-state index in [1.165, 1.54) is 5.57 Å². The molecule has 0 aromatic carbocycles. The SMILES string of the molecule is CC(CC(=O)O)(C(=O)O)C1=C2CCC(C2)C1. The normalized spacial score (nSPS) is 26.9. The van der Waals surface area contributed by atoms with E-state index < -0.39 is 17.4 Å². The molecule has 4 nitrogen and oxygen atoms in total. The summed E-state index contributed by atoms with van der Waals surface area (Å²) in [6, 6.07) is 0. The van der Waals surface area contributed by atoms with Gasteiger partial charge in [-0.15, -0.1) is 0 Å². The number of carboxylic acids is 2. The Labute approximate surface area is 94.0 Å². The highest BCUT2D eigenvalue weighted by atomic mass is 16.4. The van der Waals surface area contributed by atoms with Crippen molar-refractivity contribution in [3.05, 3.63) is 11.1 Å². The van der Waals surface area contributed by atoms with E-state index in [0.29, 0.717) is 5.92 Å². The summed E-state index contributed by atoms with van der Waals surface area (Å²) in [5.41, 5.74) is 0.894. The first kappa shape index (κ1) is 11.2. The predicted molar refractivity (Wildman–Crippen MR) is 57.0 cm³/mol. The molecule has 16 heavy (non-hydrogen) atoms. The lowest BCUT2D eigenvalue weighted by atomic mass is 9.75. The largest absolute Gasteiger partial charge is 0.481 e. The van der Waals surface area contributed by atoms with Crippen LogP contribution in [0.4, 0.5) is 0 Å². The zero-order valence-electron chi connectivity index (χ0n) is 9.32. The number of fused-ring (bicyclic) bond motifs is 2. The molecule has 2 rings (SSSR count). The van der Waals surface area contributed by atoms with Gasteiger partial charge in [0.05, 0.1) is 11.8 Å². The first-order valence-corrected chi connectivity index (χ1v) is 5.60. The fourth-order valence-corrected chi connectivity index (χ4v) is 3.04. The Bertz CT molecular complexity index is 382. The molecule has 0 aromatic heterocycles. The Kier molecular flexibility index (Phi) is 2.52. The Morgan fingerprint density at radius 3 is 2.44 bits per heavy atom. The van der Waals surface area contributed by atoms with Crippen LogP contribution >= 0.6 is 0 Å². The lowest BCUT2D eigenvalue weighted by Gasteiger charge is -2.28. The van der Waals surface area contributed by atoms with E-state index in [1.807, 2.05) is 0 Å². The van der Waals surface area contributed by atoms with Crippen LogP contribution in [0.3, 0.4) is 0 Å². The van der Waals surface area contributed by atoms with Crippen molar-refractivity contribution in [1.82, 2.24) is 0 Å². The van der Waals surface area contributed by atoms with E-state index in [1.54, 1.807) is 6.92 Å². The minimum Gasteiger partial charge on any atom is -0.481 e. The van der Waals surface area contributed by atoms with Crippen LogP contribution in [0.2, 0.25) is 0 Å². The van der Waals surface area contributed by atoms with E-state index in [2.05, 4.69) is 0 Å². The second-order valence-corrected chi connectivity index (χ2v) is 5.10. The van der Waals surface area contributed by atoms with Crippen molar-refractivity contribution in [1.29, 1.82) is 0 Å². The van der Waals surface area contributed by atoms with Gasteiger partial charge in [0.2, 0.25) is 0 Å². The van der Waals surface area contributed by atoms with E-state index in [4.69, 9.17) is 5.11 Å². The highest BCUT2D eigenvalue weighted by Gasteiger charge is 2.45. The summed E-state index contributed by atoms with van der Waals surface area (Å²) in [7, 11) is 0. The number of hydrogen-bond acceptors (Lipinski definition) is 2. The number of allylic oxidation sites excluding steroid dienone is 1. The third-order valence-corrected chi connectivity index (χ3v) is 3.95. The van der Waals surface area contributed by atoms with Crippen molar-refractivity contribution in [2.75, 3.05) is 0 Å². The van der Waals surface area contributed by atoms with Gasteiger partial charge in [-0.2, -0.15) is 0 Å². The molecule has 0 heterocycles. The fourth-order valence-electron chi connectivity index (χ4n) is 3.04. The zero-order chi connectivity index (χ0) is 11.9. The molecular weight excluding hydrogens is 208 g/mol. The molecule has 0 aromatic rings. The Hall–Kier alpha value is -1.32. The van der Waals surface area contributed by atoms with Crippen LogP contribution in [0.1, 0.15) is 39.0 Å². The lowest BCUT2D eigenvalue weighted by Crippen LogP contribution is -2.33. The van der Waals surface area contributed by atoms with Gasteiger partial charge in [0, 0.05) is 0 Å². The summed E-state index contributed by atoms with van der Waals surface area (Å²) >= 11 is 0. The maximum absolute atomic E-state index is 11.3. The molecule has 88 valence electrons. The van der Waals surface area contributed by atoms with Crippen molar-refractivity contribution < 1.29 is 19.8 Å². The van der Waals surface area contributed by atoms with Gasteiger partial charge in [-0.1, -0.05) is 11.1 Å². The molecule has 2 atom stereocenters. The molecule has 4 heteroatoms. The van der Waals surface area contributed by atoms with Gasteiger partial charge >= 0.3 is 11.9 Å². The monoisotopic (exact) mass is 224 g/mol. The molecule has 2 aliphatic rings. The topological polar surface area (TPSA) is 74.6 Å². The van der Waals surface area contributed by atoms with E-state index in [0.717, 1.165) is 31.3 Å². The Morgan fingerprint density at radius 1 is 1.38 bits per heavy atom. The quantitative estimate of drug-likeness (QED) is 0.717. The summed E-state index contributed by atoms with van der Waals surface area (Å²) in [5.74, 6) is -1.48. The molecule has 1 saturated carbocycles. The number of hydrogen-bond donors (Lipinski definition) is 2. The van der Waals surface area contributed by atoms with Crippen LogP contribution < -0.4 is 0 Å².